The van der Waals surface area contributed by atoms with Crippen LogP contribution in [-0.2, 0) is 4.74 Å². The topological polar surface area (TPSA) is 75.2 Å². The van der Waals surface area contributed by atoms with Crippen LogP contribution < -0.4 is 15.5 Å². The predicted octanol–water partition coefficient (Wildman–Crippen LogP) is 2.19. The van der Waals surface area contributed by atoms with E-state index in [0.29, 0.717) is 31.1 Å². The molecule has 0 amide bonds. The van der Waals surface area contributed by atoms with E-state index >= 15 is 0 Å². The van der Waals surface area contributed by atoms with Crippen molar-refractivity contribution in [1.29, 1.82) is 0 Å². The number of nitrogens with one attached hydrogen (secondary N) is 2. The van der Waals surface area contributed by atoms with Crippen molar-refractivity contribution in [3.05, 3.63) is 29.8 Å². The summed E-state index contributed by atoms with van der Waals surface area (Å²) in [6.07, 6.45) is 0. The van der Waals surface area contributed by atoms with Crippen LogP contribution in [0.5, 0.6) is 0 Å². The minimum Gasteiger partial charge on any atom is -0.378 e. The molecule has 0 saturated carbocycles. The van der Waals surface area contributed by atoms with Crippen LogP contribution in [0, 0.1) is 6.92 Å². The van der Waals surface area contributed by atoms with Crippen molar-refractivity contribution in [2.75, 3.05) is 48.4 Å². The number of anilines is 4. The van der Waals surface area contributed by atoms with Gasteiger partial charge in [-0.1, -0.05) is 17.7 Å². The molecule has 1 fully saturated rings. The van der Waals surface area contributed by atoms with Gasteiger partial charge in [-0.2, -0.15) is 15.0 Å². The number of aryl methyl sites for hydroxylation is 1. The van der Waals surface area contributed by atoms with E-state index in [0.717, 1.165) is 25.3 Å². The Labute approximate surface area is 136 Å². The van der Waals surface area contributed by atoms with E-state index in [9.17, 15) is 0 Å². The lowest BCUT2D eigenvalue weighted by Crippen LogP contribution is -2.37. The molecule has 0 aliphatic carbocycles. The second-order valence-corrected chi connectivity index (χ2v) is 5.40. The fraction of sp³-hybridized carbons (Fsp3) is 0.438. The molecule has 2 aromatic rings. The molecule has 1 aliphatic rings. The van der Waals surface area contributed by atoms with Crippen LogP contribution in [0.25, 0.3) is 0 Å². The summed E-state index contributed by atoms with van der Waals surface area (Å²) in [4.78, 5) is 15.6. The van der Waals surface area contributed by atoms with Crippen molar-refractivity contribution >= 4 is 23.5 Å². The number of ether oxygens (including phenoxy) is 1. The molecule has 23 heavy (non-hydrogen) atoms. The lowest BCUT2D eigenvalue weighted by atomic mass is 10.2. The maximum absolute atomic E-state index is 5.39. The van der Waals surface area contributed by atoms with Gasteiger partial charge in [0.15, 0.2) is 0 Å². The molecule has 1 aliphatic heterocycles. The van der Waals surface area contributed by atoms with Gasteiger partial charge in [0.2, 0.25) is 17.8 Å². The largest absolute Gasteiger partial charge is 0.378 e. The first-order valence-electron chi connectivity index (χ1n) is 7.91. The summed E-state index contributed by atoms with van der Waals surface area (Å²) in [6.45, 7) is 7.82. The third-order valence-electron chi connectivity index (χ3n) is 3.56. The standard InChI is InChI=1S/C16H22N6O/c1-3-17-14-19-15(18-13-6-4-12(2)5-7-13)21-16(20-14)22-8-10-23-11-9-22/h4-7H,3,8-11H2,1-2H3,(H2,17,18,19,20,21). The Morgan fingerprint density at radius 3 is 2.43 bits per heavy atom. The second kappa shape index (κ2) is 7.23. The first-order chi connectivity index (χ1) is 11.2. The molecular weight excluding hydrogens is 292 g/mol. The lowest BCUT2D eigenvalue weighted by molar-refractivity contribution is 0.122. The normalized spacial score (nSPS) is 14.6. The minimum atomic E-state index is 0.543. The zero-order valence-corrected chi connectivity index (χ0v) is 13.5. The van der Waals surface area contributed by atoms with Gasteiger partial charge in [-0.15, -0.1) is 0 Å². The maximum atomic E-state index is 5.39. The van der Waals surface area contributed by atoms with Crippen LogP contribution in [0.4, 0.5) is 23.5 Å². The highest BCUT2D eigenvalue weighted by Gasteiger charge is 2.16. The number of hydrogen-bond donors (Lipinski definition) is 2. The molecule has 122 valence electrons. The second-order valence-electron chi connectivity index (χ2n) is 5.40. The van der Waals surface area contributed by atoms with Crippen LogP contribution in [0.1, 0.15) is 12.5 Å². The molecule has 2 N–H and O–H groups in total. The summed E-state index contributed by atoms with van der Waals surface area (Å²) in [5.74, 6) is 1.80. The molecule has 1 saturated heterocycles. The molecule has 0 atom stereocenters. The first-order valence-corrected chi connectivity index (χ1v) is 7.91. The third kappa shape index (κ3) is 4.07. The van der Waals surface area contributed by atoms with Gasteiger partial charge in [0, 0.05) is 25.3 Å². The van der Waals surface area contributed by atoms with Gasteiger partial charge in [-0.3, -0.25) is 0 Å². The van der Waals surface area contributed by atoms with Crippen LogP contribution in [-0.4, -0.2) is 47.8 Å². The molecule has 0 spiro atoms. The van der Waals surface area contributed by atoms with E-state index in [4.69, 9.17) is 4.74 Å². The van der Waals surface area contributed by atoms with Crippen molar-refractivity contribution in [1.82, 2.24) is 15.0 Å². The van der Waals surface area contributed by atoms with Crippen molar-refractivity contribution in [3.63, 3.8) is 0 Å². The zero-order chi connectivity index (χ0) is 16.1. The Kier molecular flexibility index (Phi) is 4.87. The molecule has 7 nitrogen and oxygen atoms in total. The van der Waals surface area contributed by atoms with Gasteiger partial charge < -0.3 is 20.3 Å². The van der Waals surface area contributed by atoms with Crippen LogP contribution in [0.2, 0.25) is 0 Å². The van der Waals surface area contributed by atoms with Crippen LogP contribution >= 0.6 is 0 Å². The van der Waals surface area contributed by atoms with E-state index < -0.39 is 0 Å². The summed E-state index contributed by atoms with van der Waals surface area (Å²) >= 11 is 0. The summed E-state index contributed by atoms with van der Waals surface area (Å²) in [5.41, 5.74) is 2.17. The summed E-state index contributed by atoms with van der Waals surface area (Å²) in [7, 11) is 0. The van der Waals surface area contributed by atoms with E-state index in [2.05, 4.69) is 49.5 Å². The average molecular weight is 314 g/mol. The highest BCUT2D eigenvalue weighted by atomic mass is 16.5. The van der Waals surface area contributed by atoms with Gasteiger partial charge in [-0.25, -0.2) is 0 Å². The van der Waals surface area contributed by atoms with Gasteiger partial charge in [-0.05, 0) is 26.0 Å². The van der Waals surface area contributed by atoms with Gasteiger partial charge >= 0.3 is 0 Å². The highest BCUT2D eigenvalue weighted by Crippen LogP contribution is 2.18. The SMILES string of the molecule is CCNc1nc(Nc2ccc(C)cc2)nc(N2CCOCC2)n1. The minimum absolute atomic E-state index is 0.543. The van der Waals surface area contributed by atoms with E-state index in [1.807, 2.05) is 19.1 Å². The Balaban J connectivity index is 1.85. The maximum Gasteiger partial charge on any atom is 0.233 e. The van der Waals surface area contributed by atoms with Crippen molar-refractivity contribution < 1.29 is 4.74 Å². The van der Waals surface area contributed by atoms with Crippen molar-refractivity contribution in [2.24, 2.45) is 0 Å². The molecule has 0 bridgehead atoms. The third-order valence-corrected chi connectivity index (χ3v) is 3.56. The molecule has 0 radical (unpaired) electrons. The van der Waals surface area contributed by atoms with Crippen LogP contribution in [0.15, 0.2) is 24.3 Å². The Hall–Kier alpha value is -2.41. The van der Waals surface area contributed by atoms with Crippen LogP contribution in [0.3, 0.4) is 0 Å². The number of benzene rings is 1. The molecular formula is C16H22N6O. The van der Waals surface area contributed by atoms with Crippen molar-refractivity contribution in [3.8, 4) is 0 Å². The molecule has 3 rings (SSSR count). The number of nitrogens with zero attached hydrogens (tertiary/aromatic N) is 4. The fourth-order valence-corrected chi connectivity index (χ4v) is 2.33. The monoisotopic (exact) mass is 314 g/mol. The summed E-state index contributed by atoms with van der Waals surface area (Å²) in [5, 5.41) is 6.41. The van der Waals surface area contributed by atoms with Crippen molar-refractivity contribution in [2.45, 2.75) is 13.8 Å². The number of rotatable bonds is 5. The van der Waals surface area contributed by atoms with Gasteiger partial charge in [0.1, 0.15) is 0 Å². The number of morpholine rings is 1. The lowest BCUT2D eigenvalue weighted by Gasteiger charge is -2.27. The van der Waals surface area contributed by atoms with E-state index in [-0.39, 0.29) is 0 Å². The first kappa shape index (κ1) is 15.5. The van der Waals surface area contributed by atoms with Gasteiger partial charge in [0.25, 0.3) is 0 Å². The summed E-state index contributed by atoms with van der Waals surface area (Å²) in [6, 6.07) is 8.14. The van der Waals surface area contributed by atoms with Gasteiger partial charge in [0.05, 0.1) is 13.2 Å². The fourth-order valence-electron chi connectivity index (χ4n) is 2.33. The van der Waals surface area contributed by atoms with E-state index in [1.54, 1.807) is 0 Å². The Morgan fingerprint density at radius 2 is 1.74 bits per heavy atom. The molecule has 2 heterocycles. The highest BCUT2D eigenvalue weighted by molar-refractivity contribution is 5.56. The number of aromatic nitrogens is 3. The zero-order valence-electron chi connectivity index (χ0n) is 13.5. The average Bonchev–Trinajstić information content (AvgIpc) is 2.58. The quantitative estimate of drug-likeness (QED) is 0.876. The smallest absolute Gasteiger partial charge is 0.233 e. The summed E-state index contributed by atoms with van der Waals surface area (Å²) < 4.78 is 5.39. The van der Waals surface area contributed by atoms with E-state index in [1.165, 1.54) is 5.56 Å². The molecule has 0 unspecified atom stereocenters. The molecule has 1 aromatic carbocycles. The predicted molar refractivity (Wildman–Crippen MR) is 91.5 cm³/mol. The number of hydrogen-bond acceptors (Lipinski definition) is 7. The molecule has 1 aromatic heterocycles. The molecule has 7 heteroatoms. The Morgan fingerprint density at radius 1 is 1.04 bits per heavy atom. The Bertz CT molecular complexity index is 640.